The minimum atomic E-state index is -0.659. The molecule has 0 amide bonds. The Labute approximate surface area is 266 Å². The fourth-order valence-corrected chi connectivity index (χ4v) is 5.54. The van der Waals surface area contributed by atoms with E-state index in [9.17, 15) is 14.4 Å². The molecule has 0 saturated carbocycles. The smallest absolute Gasteiger partial charge is 0.303 e. The number of carbonyl (C=O) groups is 3. The minimum Gasteiger partial charge on any atom is -0.481 e. The molecule has 1 aromatic carbocycles. The van der Waals surface area contributed by atoms with Crippen LogP contribution in [0.2, 0.25) is 4.44 Å². The van der Waals surface area contributed by atoms with E-state index in [0.29, 0.717) is 28.9 Å². The molecular formula is C34H51N3O4Sn. The van der Waals surface area contributed by atoms with E-state index >= 15 is 0 Å². The number of unbranched alkanes of at least 4 members (excludes halogenated alkanes) is 8. The van der Waals surface area contributed by atoms with Crippen molar-refractivity contribution in [3.05, 3.63) is 59.1 Å². The van der Waals surface area contributed by atoms with E-state index in [1.807, 2.05) is 14.7 Å². The number of carboxylic acids is 1. The number of ketones is 2. The summed E-state index contributed by atoms with van der Waals surface area (Å²) in [6.07, 6.45) is 13.0. The van der Waals surface area contributed by atoms with Crippen molar-refractivity contribution in [2.75, 3.05) is 39.3 Å². The first-order valence-electron chi connectivity index (χ1n) is 16.0. The summed E-state index contributed by atoms with van der Waals surface area (Å²) in [6.45, 7) is 12.3. The van der Waals surface area contributed by atoms with Gasteiger partial charge in [-0.15, -0.1) is 0 Å². The van der Waals surface area contributed by atoms with E-state index < -0.39 is 5.97 Å². The van der Waals surface area contributed by atoms with Gasteiger partial charge in [0.05, 0.1) is 5.70 Å². The van der Waals surface area contributed by atoms with Crippen LogP contribution in [0.1, 0.15) is 90.5 Å². The molecule has 4 aliphatic rings. The van der Waals surface area contributed by atoms with Crippen molar-refractivity contribution in [2.24, 2.45) is 0 Å². The SMILES string of the molecule is CC(C)([CH2][SnH])c1ccccc1.CCCCCCCCCCCC(=O)O.O=C1C=C(N2CC2)C(=O)C(N2CC2)=C1N1CC1. The van der Waals surface area contributed by atoms with Crippen molar-refractivity contribution in [2.45, 2.75) is 94.8 Å². The van der Waals surface area contributed by atoms with E-state index in [2.05, 4.69) is 51.1 Å². The third kappa shape index (κ3) is 11.4. The Morgan fingerprint density at radius 2 is 1.29 bits per heavy atom. The summed E-state index contributed by atoms with van der Waals surface area (Å²) in [7, 11) is 0. The average Bonchev–Trinajstić information content (AvgIpc) is 3.83. The number of nitrogens with zero attached hydrogens (tertiary/aromatic N) is 3. The quantitative estimate of drug-likeness (QED) is 0.114. The van der Waals surface area contributed by atoms with Crippen LogP contribution in [0.4, 0.5) is 0 Å². The van der Waals surface area contributed by atoms with Crippen molar-refractivity contribution in [3.8, 4) is 0 Å². The van der Waals surface area contributed by atoms with E-state index in [1.165, 1.54) is 83.5 Å². The summed E-state index contributed by atoms with van der Waals surface area (Å²) < 4.78 is 1.32. The number of carbonyl (C=O) groups excluding carboxylic acids is 2. The first kappa shape index (κ1) is 34.2. The Hall–Kier alpha value is -2.29. The molecule has 42 heavy (non-hydrogen) atoms. The van der Waals surface area contributed by atoms with Crippen LogP contribution in [0.3, 0.4) is 0 Å². The molecule has 3 aliphatic heterocycles. The maximum Gasteiger partial charge on any atom is 0.303 e. The van der Waals surface area contributed by atoms with Crippen molar-refractivity contribution >= 4 is 40.1 Å². The molecule has 0 atom stereocenters. The first-order chi connectivity index (χ1) is 20.2. The molecule has 0 spiro atoms. The molecule has 0 aromatic heterocycles. The molecule has 0 unspecified atom stereocenters. The molecule has 3 heterocycles. The van der Waals surface area contributed by atoms with Gasteiger partial charge in [-0.3, -0.25) is 14.4 Å². The first-order valence-corrected chi connectivity index (χ1v) is 18.3. The monoisotopic (exact) mass is 685 g/mol. The summed E-state index contributed by atoms with van der Waals surface area (Å²) in [5.41, 5.74) is 3.74. The zero-order valence-corrected chi connectivity index (χ0v) is 29.4. The second-order valence-corrected chi connectivity index (χ2v) is 13.5. The maximum atomic E-state index is 12.4. The molecule has 230 valence electrons. The van der Waals surface area contributed by atoms with Crippen LogP contribution in [0.5, 0.6) is 0 Å². The number of benzene rings is 1. The van der Waals surface area contributed by atoms with E-state index in [-0.39, 0.29) is 11.6 Å². The summed E-state index contributed by atoms with van der Waals surface area (Å²) in [4.78, 5) is 40.7. The maximum absolute atomic E-state index is 12.4. The number of aliphatic carboxylic acids is 1. The largest absolute Gasteiger partial charge is 0.481 e. The number of hydrogen-bond donors (Lipinski definition) is 1. The van der Waals surface area contributed by atoms with Gasteiger partial charge < -0.3 is 19.8 Å². The van der Waals surface area contributed by atoms with Gasteiger partial charge in [0.1, 0.15) is 11.4 Å². The average molecular weight is 685 g/mol. The normalized spacial score (nSPS) is 17.2. The molecule has 1 aromatic rings. The van der Waals surface area contributed by atoms with Gasteiger partial charge in [-0.05, 0) is 6.42 Å². The van der Waals surface area contributed by atoms with Crippen molar-refractivity contribution in [3.63, 3.8) is 0 Å². The Bertz CT molecular complexity index is 1100. The van der Waals surface area contributed by atoms with E-state index in [1.54, 1.807) is 0 Å². The number of carboxylic acid groups (broad SMARTS) is 1. The van der Waals surface area contributed by atoms with Gasteiger partial charge in [0.15, 0.2) is 0 Å². The third-order valence-electron chi connectivity index (χ3n) is 8.05. The van der Waals surface area contributed by atoms with Crippen LogP contribution in [0, 0.1) is 0 Å². The van der Waals surface area contributed by atoms with Gasteiger partial charge >= 0.3 is 88.1 Å². The molecular weight excluding hydrogens is 633 g/mol. The number of Topliss-reactive ketones (excluding diaryl/α,β-unsaturated/α-hetero) is 1. The van der Waals surface area contributed by atoms with Crippen molar-refractivity contribution in [1.29, 1.82) is 0 Å². The van der Waals surface area contributed by atoms with Crippen LogP contribution < -0.4 is 0 Å². The summed E-state index contributed by atoms with van der Waals surface area (Å²) in [6, 6.07) is 10.7. The Morgan fingerprint density at radius 3 is 1.76 bits per heavy atom. The van der Waals surface area contributed by atoms with Gasteiger partial charge in [0, 0.05) is 51.8 Å². The molecule has 7 nitrogen and oxygen atoms in total. The van der Waals surface area contributed by atoms with Crippen molar-refractivity contribution in [1.82, 2.24) is 14.7 Å². The van der Waals surface area contributed by atoms with Crippen molar-refractivity contribution < 1.29 is 19.5 Å². The van der Waals surface area contributed by atoms with Crippen LogP contribution in [0.15, 0.2) is 53.5 Å². The number of allylic oxidation sites excluding steroid dienone is 1. The summed E-state index contributed by atoms with van der Waals surface area (Å²) in [5, 5.41) is 8.41. The molecule has 8 heteroatoms. The fraction of sp³-hybridized carbons (Fsp3) is 0.618. The molecule has 3 fully saturated rings. The number of hydrogen-bond acceptors (Lipinski definition) is 6. The predicted molar refractivity (Wildman–Crippen MR) is 171 cm³/mol. The third-order valence-corrected chi connectivity index (χ3v) is 11.0. The summed E-state index contributed by atoms with van der Waals surface area (Å²) >= 11 is 1.34. The standard InChI is InChI=1S/C12H13N3O2.C12H24O2.C10H13.Sn.H/c16-9-7-8(13-1-2-13)12(17)11(15-5-6-15)10(9)14-3-4-14;1-2-3-4-5-6-7-8-9-10-11-12(13)14;1-10(2,3)9-7-5-4-6-8-9;;/h7H,1-6H2;2-11H2,1H3,(H,13,14);4-8H,1H2,2-3H3;;. The second-order valence-electron chi connectivity index (χ2n) is 12.3. The fourth-order valence-electron chi connectivity index (χ4n) is 4.87. The van der Waals surface area contributed by atoms with E-state index in [4.69, 9.17) is 5.11 Å². The van der Waals surface area contributed by atoms with Crippen LogP contribution in [0.25, 0.3) is 0 Å². The second kappa shape index (κ2) is 17.1. The minimum absolute atomic E-state index is 0.00546. The van der Waals surface area contributed by atoms with Gasteiger partial charge in [-0.2, -0.15) is 0 Å². The Kier molecular flexibility index (Phi) is 13.9. The van der Waals surface area contributed by atoms with Gasteiger partial charge in [0.2, 0.25) is 11.6 Å². The van der Waals surface area contributed by atoms with Gasteiger partial charge in [-0.1, -0.05) is 58.3 Å². The zero-order valence-electron chi connectivity index (χ0n) is 26.1. The predicted octanol–water partition coefficient (Wildman–Crippen LogP) is 5.46. The Balaban J connectivity index is 0.000000178. The number of rotatable bonds is 15. The van der Waals surface area contributed by atoms with Crippen LogP contribution >= 0.6 is 0 Å². The molecule has 1 aliphatic carbocycles. The summed E-state index contributed by atoms with van der Waals surface area (Å²) in [5.74, 6) is -0.611. The Morgan fingerprint density at radius 1 is 0.786 bits per heavy atom. The molecule has 0 bridgehead atoms. The van der Waals surface area contributed by atoms with Gasteiger partial charge in [0.25, 0.3) is 0 Å². The topological polar surface area (TPSA) is 80.5 Å². The zero-order chi connectivity index (χ0) is 30.5. The van der Waals surface area contributed by atoms with Crippen LogP contribution in [-0.4, -0.2) is 99.1 Å². The van der Waals surface area contributed by atoms with E-state index in [0.717, 1.165) is 52.1 Å². The molecule has 2 radical (unpaired) electrons. The van der Waals surface area contributed by atoms with Crippen LogP contribution in [-0.2, 0) is 19.8 Å². The molecule has 3 saturated heterocycles. The molecule has 5 rings (SSSR count). The molecule has 1 N–H and O–H groups in total. The van der Waals surface area contributed by atoms with Gasteiger partial charge in [-0.25, -0.2) is 0 Å².